The van der Waals surface area contributed by atoms with E-state index in [2.05, 4.69) is 25.7 Å². The normalized spacial score (nSPS) is 13.6. The highest BCUT2D eigenvalue weighted by molar-refractivity contribution is 6.05. The van der Waals surface area contributed by atoms with E-state index in [1.165, 1.54) is 54.6 Å². The quantitative estimate of drug-likeness (QED) is 0.354. The lowest BCUT2D eigenvalue weighted by Gasteiger charge is -2.09. The molecule has 0 spiro atoms. The van der Waals surface area contributed by atoms with Gasteiger partial charge in [0.25, 0.3) is 5.91 Å². The molecule has 0 saturated heterocycles. The van der Waals surface area contributed by atoms with Crippen molar-refractivity contribution in [3.8, 4) is 11.3 Å². The van der Waals surface area contributed by atoms with Gasteiger partial charge in [-0.1, -0.05) is 47.7 Å². The van der Waals surface area contributed by atoms with Crippen LogP contribution in [0, 0.1) is 5.82 Å². The fourth-order valence-electron chi connectivity index (χ4n) is 3.23. The van der Waals surface area contributed by atoms with E-state index in [1.807, 2.05) is 0 Å². The lowest BCUT2D eigenvalue weighted by Crippen LogP contribution is -2.14. The van der Waals surface area contributed by atoms with E-state index in [0.717, 1.165) is 0 Å². The van der Waals surface area contributed by atoms with Gasteiger partial charge >= 0.3 is 0 Å². The van der Waals surface area contributed by atoms with Gasteiger partial charge in [0.15, 0.2) is 5.65 Å². The van der Waals surface area contributed by atoms with Gasteiger partial charge in [0.05, 0.1) is 29.9 Å². The van der Waals surface area contributed by atoms with Gasteiger partial charge in [-0.2, -0.15) is 0 Å². The molecule has 3 aromatic carbocycles. The average molecular weight is 458 g/mol. The number of nitrogens with one attached hydrogen (secondary N) is 2. The fraction of sp³-hybridized carbons (Fsp3) is 0.0769. The molecule has 34 heavy (non-hydrogen) atoms. The Labute approximate surface area is 200 Å². The number of H-pyrrole nitrogens is 1. The summed E-state index contributed by atoms with van der Waals surface area (Å²) >= 11 is 0. The Morgan fingerprint density at radius 1 is 0.971 bits per heavy atom. The number of ether oxygens (including phenoxy) is 1. The summed E-state index contributed by atoms with van der Waals surface area (Å²) in [7, 11) is 0. The molecule has 5 rings (SSSR count). The molecule has 8 heteroatoms. The van der Waals surface area contributed by atoms with Gasteiger partial charge in [-0.3, -0.25) is 4.79 Å². The van der Waals surface area contributed by atoms with Crippen molar-refractivity contribution in [3.05, 3.63) is 107 Å². The molecule has 1 amide bonds. The molecule has 168 valence electrons. The number of halogens is 1. The van der Waals surface area contributed by atoms with E-state index in [9.17, 15) is 9.18 Å². The number of amides is 1. The second kappa shape index (κ2) is 9.60. The summed E-state index contributed by atoms with van der Waals surface area (Å²) in [6, 6.07) is 21.0. The Morgan fingerprint density at radius 3 is 2.53 bits per heavy atom. The number of hydrogen-bond donors (Lipinski definition) is 2. The van der Waals surface area contributed by atoms with Gasteiger partial charge in [0.1, 0.15) is 11.3 Å². The Bertz CT molecular complexity index is 1610. The molecule has 0 radical (unpaired) electrons. The average Bonchev–Trinajstić information content (AvgIpc) is 3.37. The SMILES string of the molecule is [2H]C([2H])(OC([2H])([2H])c1ccc(NC(=O)c2cc(-c3ccc4nn[nH]c4n3)ccc2F)cc1)c1ccccc1. The molecule has 0 bridgehead atoms. The second-order valence-electron chi connectivity index (χ2n) is 7.27. The van der Waals surface area contributed by atoms with Crippen LogP contribution in [0.15, 0.2) is 84.9 Å². The minimum absolute atomic E-state index is 0.0400. The Hall–Kier alpha value is -4.43. The summed E-state index contributed by atoms with van der Waals surface area (Å²) in [6.07, 6.45) is 0. The number of benzene rings is 3. The second-order valence-corrected chi connectivity index (χ2v) is 7.27. The van der Waals surface area contributed by atoms with Crippen LogP contribution in [0.5, 0.6) is 0 Å². The highest BCUT2D eigenvalue weighted by Gasteiger charge is 2.15. The first kappa shape index (κ1) is 17.1. The summed E-state index contributed by atoms with van der Waals surface area (Å²) in [5.41, 5.74) is 2.34. The smallest absolute Gasteiger partial charge is 0.258 e. The molecule has 0 aliphatic carbocycles. The molecule has 7 nitrogen and oxygen atoms in total. The van der Waals surface area contributed by atoms with Crippen molar-refractivity contribution in [1.29, 1.82) is 0 Å². The third-order valence-corrected chi connectivity index (χ3v) is 4.95. The van der Waals surface area contributed by atoms with Crippen LogP contribution in [0.1, 0.15) is 27.0 Å². The van der Waals surface area contributed by atoms with Crippen molar-refractivity contribution in [2.75, 3.05) is 5.32 Å². The topological polar surface area (TPSA) is 92.8 Å². The minimum atomic E-state index is -2.47. The fourth-order valence-corrected chi connectivity index (χ4v) is 3.23. The number of anilines is 1. The molecule has 0 aliphatic rings. The van der Waals surface area contributed by atoms with Gasteiger partial charge < -0.3 is 10.1 Å². The van der Waals surface area contributed by atoms with Crippen LogP contribution in [0.2, 0.25) is 0 Å². The van der Waals surface area contributed by atoms with Crippen molar-refractivity contribution < 1.29 is 19.4 Å². The monoisotopic (exact) mass is 457 g/mol. The summed E-state index contributed by atoms with van der Waals surface area (Å²) < 4.78 is 52.5. The molecule has 0 fully saturated rings. The molecular weight excluding hydrogens is 433 g/mol. The molecule has 2 aromatic heterocycles. The maximum absolute atomic E-state index is 14.6. The molecule has 5 aromatic rings. The number of aromatic amines is 1. The first-order valence-electron chi connectivity index (χ1n) is 12.3. The summed E-state index contributed by atoms with van der Waals surface area (Å²) in [5, 5.41) is 12.8. The van der Waals surface area contributed by atoms with Gasteiger partial charge in [-0.25, -0.2) is 14.5 Å². The van der Waals surface area contributed by atoms with Gasteiger partial charge in [0.2, 0.25) is 0 Å². The molecule has 0 atom stereocenters. The molecule has 0 saturated carbocycles. The largest absolute Gasteiger partial charge is 0.372 e. The van der Waals surface area contributed by atoms with Gasteiger partial charge in [-0.15, -0.1) is 5.10 Å². The van der Waals surface area contributed by atoms with Crippen molar-refractivity contribution in [3.63, 3.8) is 0 Å². The van der Waals surface area contributed by atoms with Crippen molar-refractivity contribution in [2.45, 2.75) is 13.1 Å². The van der Waals surface area contributed by atoms with E-state index >= 15 is 0 Å². The molecular formula is C26H20FN5O2. The van der Waals surface area contributed by atoms with Crippen LogP contribution < -0.4 is 5.32 Å². The number of pyridine rings is 1. The Kier molecular flexibility index (Phi) is 4.83. The van der Waals surface area contributed by atoms with Crippen molar-refractivity contribution >= 4 is 22.8 Å². The number of rotatable bonds is 7. The van der Waals surface area contributed by atoms with E-state index in [-0.39, 0.29) is 22.4 Å². The lowest BCUT2D eigenvalue weighted by atomic mass is 10.1. The van der Waals surface area contributed by atoms with Crippen LogP contribution in [-0.2, 0) is 17.9 Å². The predicted octanol–water partition coefficient (Wildman–Crippen LogP) is 5.13. The van der Waals surface area contributed by atoms with E-state index < -0.39 is 24.8 Å². The zero-order valence-electron chi connectivity index (χ0n) is 21.6. The number of carbonyl (C=O) groups excluding carboxylic acids is 1. The van der Waals surface area contributed by atoms with Crippen molar-refractivity contribution in [2.24, 2.45) is 0 Å². The van der Waals surface area contributed by atoms with E-state index in [0.29, 0.717) is 22.4 Å². The number of fused-ring (bicyclic) bond motifs is 1. The minimum Gasteiger partial charge on any atom is -0.372 e. The van der Waals surface area contributed by atoms with E-state index in [4.69, 9.17) is 10.2 Å². The first-order valence-corrected chi connectivity index (χ1v) is 10.3. The molecule has 0 aliphatic heterocycles. The number of nitrogens with zero attached hydrogens (tertiary/aromatic N) is 3. The summed E-state index contributed by atoms with van der Waals surface area (Å²) in [6.45, 7) is -4.85. The molecule has 2 heterocycles. The van der Waals surface area contributed by atoms with E-state index in [1.54, 1.807) is 30.3 Å². The predicted molar refractivity (Wildman–Crippen MR) is 126 cm³/mol. The zero-order valence-corrected chi connectivity index (χ0v) is 17.6. The number of carbonyl (C=O) groups is 1. The van der Waals surface area contributed by atoms with Crippen LogP contribution in [0.3, 0.4) is 0 Å². The van der Waals surface area contributed by atoms with Gasteiger partial charge in [-0.05, 0) is 53.6 Å². The van der Waals surface area contributed by atoms with Gasteiger partial charge in [0, 0.05) is 11.3 Å². The number of aromatic nitrogens is 4. The van der Waals surface area contributed by atoms with Crippen LogP contribution in [0.25, 0.3) is 22.4 Å². The molecule has 2 N–H and O–H groups in total. The first-order chi connectivity index (χ1) is 18.1. The van der Waals surface area contributed by atoms with Crippen molar-refractivity contribution in [1.82, 2.24) is 20.4 Å². The highest BCUT2D eigenvalue weighted by Crippen LogP contribution is 2.23. The third kappa shape index (κ3) is 4.82. The lowest BCUT2D eigenvalue weighted by molar-refractivity contribution is 0.102. The Balaban J connectivity index is 1.32. The zero-order chi connectivity index (χ0) is 26.9. The maximum atomic E-state index is 14.6. The summed E-state index contributed by atoms with van der Waals surface area (Å²) in [4.78, 5) is 17.3. The van der Waals surface area contributed by atoms with Crippen LogP contribution >= 0.6 is 0 Å². The van der Waals surface area contributed by atoms with Crippen LogP contribution in [0.4, 0.5) is 10.1 Å². The third-order valence-electron chi connectivity index (χ3n) is 4.95. The van der Waals surface area contributed by atoms with Crippen LogP contribution in [-0.4, -0.2) is 26.3 Å². The standard InChI is InChI=1S/C26H20FN5O2/c27-22-11-8-19(23-12-13-24-25(29-23)31-32-30-24)14-21(22)26(33)28-20-9-6-18(7-10-20)16-34-15-17-4-2-1-3-5-17/h1-14H,15-16H2,(H,28,33)(H,29,30,31,32)/i15D2,16D2. The molecule has 0 unspecified atom stereocenters. The highest BCUT2D eigenvalue weighted by atomic mass is 19.1. The Morgan fingerprint density at radius 2 is 1.74 bits per heavy atom. The summed E-state index contributed by atoms with van der Waals surface area (Å²) in [5.74, 6) is -1.43. The maximum Gasteiger partial charge on any atom is 0.258 e. The number of hydrogen-bond acceptors (Lipinski definition) is 5.